The maximum absolute atomic E-state index is 12.2. The van der Waals surface area contributed by atoms with Crippen molar-refractivity contribution in [3.05, 3.63) is 58.3 Å². The monoisotopic (exact) mass is 361 g/mol. The van der Waals surface area contributed by atoms with Gasteiger partial charge in [-0.1, -0.05) is 12.1 Å². The smallest absolute Gasteiger partial charge is 0.406 e. The summed E-state index contributed by atoms with van der Waals surface area (Å²) in [7, 11) is 0. The molecule has 0 radical (unpaired) electrons. The first-order chi connectivity index (χ1) is 9.89. The molecule has 3 N–H and O–H groups in total. The van der Waals surface area contributed by atoms with E-state index in [-0.39, 0.29) is 5.75 Å². The molecule has 8 heteroatoms. The van der Waals surface area contributed by atoms with Crippen molar-refractivity contribution in [3.63, 3.8) is 0 Å². The number of nitrogens with two attached hydrogens (primary N) is 1. The van der Waals surface area contributed by atoms with Gasteiger partial charge in [-0.2, -0.15) is 0 Å². The van der Waals surface area contributed by atoms with Crippen molar-refractivity contribution in [1.82, 2.24) is 10.4 Å². The molecule has 0 spiro atoms. The van der Waals surface area contributed by atoms with E-state index in [9.17, 15) is 13.2 Å². The zero-order valence-corrected chi connectivity index (χ0v) is 12.1. The van der Waals surface area contributed by atoms with Gasteiger partial charge in [-0.05, 0) is 45.8 Å². The Balaban J connectivity index is 2.30. The van der Waals surface area contributed by atoms with Crippen LogP contribution in [0.4, 0.5) is 13.2 Å². The number of hydrazine groups is 1. The molecule has 2 aromatic rings. The van der Waals surface area contributed by atoms with Gasteiger partial charge in [0.25, 0.3) is 0 Å². The van der Waals surface area contributed by atoms with Crippen LogP contribution in [0.2, 0.25) is 0 Å². The van der Waals surface area contributed by atoms with E-state index in [1.807, 2.05) is 0 Å². The number of aromatic nitrogens is 1. The van der Waals surface area contributed by atoms with Crippen molar-refractivity contribution < 1.29 is 17.9 Å². The van der Waals surface area contributed by atoms with Crippen molar-refractivity contribution in [1.29, 1.82) is 0 Å². The Labute approximate surface area is 127 Å². The summed E-state index contributed by atoms with van der Waals surface area (Å²) in [5, 5.41) is 0. The van der Waals surface area contributed by atoms with Gasteiger partial charge in [0.1, 0.15) is 5.75 Å². The van der Waals surface area contributed by atoms with Crippen LogP contribution in [0.3, 0.4) is 0 Å². The Hall–Kier alpha value is -1.64. The second-order valence-corrected chi connectivity index (χ2v) is 5.04. The minimum absolute atomic E-state index is 0.308. The molecule has 0 bridgehead atoms. The minimum Gasteiger partial charge on any atom is -0.406 e. The van der Waals surface area contributed by atoms with Gasteiger partial charge in [-0.15, -0.1) is 13.2 Å². The average molecular weight is 362 g/mol. The van der Waals surface area contributed by atoms with Crippen LogP contribution in [0.5, 0.6) is 5.75 Å². The van der Waals surface area contributed by atoms with Gasteiger partial charge in [0.2, 0.25) is 0 Å². The van der Waals surface area contributed by atoms with Crippen LogP contribution >= 0.6 is 15.9 Å². The van der Waals surface area contributed by atoms with E-state index in [0.717, 1.165) is 4.47 Å². The van der Waals surface area contributed by atoms with Crippen LogP contribution in [0.1, 0.15) is 17.3 Å². The van der Waals surface area contributed by atoms with Gasteiger partial charge in [0.15, 0.2) is 0 Å². The summed E-state index contributed by atoms with van der Waals surface area (Å²) in [5.74, 6) is 5.18. The van der Waals surface area contributed by atoms with Crippen LogP contribution in [0.15, 0.2) is 47.1 Å². The predicted octanol–water partition coefficient (Wildman–Crippen LogP) is 3.30. The molecule has 1 atom stereocenters. The Kier molecular flexibility index (Phi) is 4.81. The molecule has 21 heavy (non-hydrogen) atoms. The summed E-state index contributed by atoms with van der Waals surface area (Å²) >= 11 is 3.26. The standard InChI is InChI=1S/C13H11BrF3N3O/c14-9-4-5-11(19-7-9)12(20-18)8-2-1-3-10(6-8)21-13(15,16)17/h1-7,12,20H,18H2. The third-order valence-corrected chi connectivity index (χ3v) is 3.11. The van der Waals surface area contributed by atoms with Crippen molar-refractivity contribution in [2.75, 3.05) is 0 Å². The molecule has 0 saturated heterocycles. The fourth-order valence-electron chi connectivity index (χ4n) is 1.80. The molecule has 0 amide bonds. The van der Waals surface area contributed by atoms with Gasteiger partial charge in [-0.25, -0.2) is 5.43 Å². The highest BCUT2D eigenvalue weighted by molar-refractivity contribution is 9.10. The molecule has 112 valence electrons. The lowest BCUT2D eigenvalue weighted by Crippen LogP contribution is -2.29. The molecule has 0 saturated carbocycles. The summed E-state index contributed by atoms with van der Waals surface area (Å²) in [6.45, 7) is 0. The summed E-state index contributed by atoms with van der Waals surface area (Å²) < 4.78 is 41.4. The molecule has 1 heterocycles. The lowest BCUT2D eigenvalue weighted by atomic mass is 10.0. The van der Waals surface area contributed by atoms with E-state index in [1.54, 1.807) is 24.4 Å². The second-order valence-electron chi connectivity index (χ2n) is 4.12. The Morgan fingerprint density at radius 2 is 2.00 bits per heavy atom. The van der Waals surface area contributed by atoms with E-state index in [4.69, 9.17) is 5.84 Å². The quantitative estimate of drug-likeness (QED) is 0.647. The normalized spacial score (nSPS) is 13.0. The Morgan fingerprint density at radius 3 is 2.57 bits per heavy atom. The molecule has 4 nitrogen and oxygen atoms in total. The number of hydrogen-bond donors (Lipinski definition) is 2. The average Bonchev–Trinajstić information content (AvgIpc) is 2.40. The molecule has 0 fully saturated rings. The summed E-state index contributed by atoms with van der Waals surface area (Å²) in [4.78, 5) is 4.18. The maximum atomic E-state index is 12.2. The van der Waals surface area contributed by atoms with E-state index < -0.39 is 12.4 Å². The summed E-state index contributed by atoms with van der Waals surface area (Å²) in [6.07, 6.45) is -3.16. The first-order valence-electron chi connectivity index (χ1n) is 5.82. The number of nitrogens with one attached hydrogen (secondary N) is 1. The van der Waals surface area contributed by atoms with Crippen molar-refractivity contribution >= 4 is 15.9 Å². The number of ether oxygens (including phenoxy) is 1. The molecular weight excluding hydrogens is 351 g/mol. The molecule has 0 aliphatic rings. The summed E-state index contributed by atoms with van der Waals surface area (Å²) in [6, 6.07) is 8.52. The second kappa shape index (κ2) is 6.42. The number of pyridine rings is 1. The molecular formula is C13H11BrF3N3O. The largest absolute Gasteiger partial charge is 0.573 e. The maximum Gasteiger partial charge on any atom is 0.573 e. The lowest BCUT2D eigenvalue weighted by molar-refractivity contribution is -0.274. The molecule has 0 aliphatic heterocycles. The molecule has 2 rings (SSSR count). The predicted molar refractivity (Wildman–Crippen MR) is 74.2 cm³/mol. The highest BCUT2D eigenvalue weighted by Crippen LogP contribution is 2.27. The van der Waals surface area contributed by atoms with Crippen molar-refractivity contribution in [2.45, 2.75) is 12.4 Å². The zero-order valence-electron chi connectivity index (χ0n) is 10.6. The lowest BCUT2D eigenvalue weighted by Gasteiger charge is -2.17. The SMILES string of the molecule is NNC(c1cccc(OC(F)(F)F)c1)c1ccc(Br)cn1. The topological polar surface area (TPSA) is 60.2 Å². The third kappa shape index (κ3) is 4.42. The van der Waals surface area contributed by atoms with Crippen LogP contribution in [0.25, 0.3) is 0 Å². The summed E-state index contributed by atoms with van der Waals surface area (Å²) in [5.41, 5.74) is 3.61. The van der Waals surface area contributed by atoms with Gasteiger partial charge >= 0.3 is 6.36 Å². The molecule has 1 aromatic heterocycles. The first kappa shape index (κ1) is 15.7. The molecule has 1 unspecified atom stereocenters. The van der Waals surface area contributed by atoms with Crippen LogP contribution in [-0.2, 0) is 0 Å². The molecule has 0 aliphatic carbocycles. The van der Waals surface area contributed by atoms with E-state index in [0.29, 0.717) is 11.3 Å². The van der Waals surface area contributed by atoms with Gasteiger partial charge < -0.3 is 4.74 Å². The Bertz CT molecular complexity index is 604. The molecule has 1 aromatic carbocycles. The zero-order chi connectivity index (χ0) is 15.5. The van der Waals surface area contributed by atoms with Gasteiger partial charge in [0.05, 0.1) is 11.7 Å². The first-order valence-corrected chi connectivity index (χ1v) is 6.61. The fourth-order valence-corrected chi connectivity index (χ4v) is 2.04. The number of alkyl halides is 3. The Morgan fingerprint density at radius 1 is 1.24 bits per heavy atom. The number of hydrogen-bond acceptors (Lipinski definition) is 4. The highest BCUT2D eigenvalue weighted by atomic mass is 79.9. The number of nitrogens with zero attached hydrogens (tertiary/aromatic N) is 1. The van der Waals surface area contributed by atoms with Crippen LogP contribution in [0, 0.1) is 0 Å². The van der Waals surface area contributed by atoms with E-state index in [1.165, 1.54) is 18.2 Å². The van der Waals surface area contributed by atoms with E-state index in [2.05, 4.69) is 31.1 Å². The van der Waals surface area contributed by atoms with Crippen molar-refractivity contribution in [2.24, 2.45) is 5.84 Å². The van der Waals surface area contributed by atoms with E-state index >= 15 is 0 Å². The van der Waals surface area contributed by atoms with Crippen LogP contribution < -0.4 is 16.0 Å². The van der Waals surface area contributed by atoms with Gasteiger partial charge in [0, 0.05) is 10.7 Å². The fraction of sp³-hybridized carbons (Fsp3) is 0.154. The third-order valence-electron chi connectivity index (χ3n) is 2.64. The highest BCUT2D eigenvalue weighted by Gasteiger charge is 2.31. The van der Waals surface area contributed by atoms with Crippen LogP contribution in [-0.4, -0.2) is 11.3 Å². The number of rotatable bonds is 4. The minimum atomic E-state index is -4.74. The van der Waals surface area contributed by atoms with Crippen molar-refractivity contribution in [3.8, 4) is 5.75 Å². The number of benzene rings is 1. The van der Waals surface area contributed by atoms with Gasteiger partial charge in [-0.3, -0.25) is 10.8 Å². The number of halogens is 4.